The van der Waals surface area contributed by atoms with Crippen molar-refractivity contribution in [3.63, 3.8) is 0 Å². The van der Waals surface area contributed by atoms with Gasteiger partial charge in [0.1, 0.15) is 13.0 Å². The molecule has 2 saturated heterocycles. The van der Waals surface area contributed by atoms with Crippen LogP contribution in [0.2, 0.25) is 5.02 Å². The summed E-state index contributed by atoms with van der Waals surface area (Å²) < 4.78 is 20.7. The largest absolute Gasteiger partial charge is 0.369 e. The van der Waals surface area contributed by atoms with Crippen molar-refractivity contribution in [2.24, 2.45) is 0 Å². The van der Waals surface area contributed by atoms with Crippen LogP contribution < -0.4 is 5.32 Å². The number of morpholine rings is 1. The Kier molecular flexibility index (Phi) is 6.83. The molecule has 2 aliphatic heterocycles. The lowest BCUT2D eigenvalue weighted by Gasteiger charge is -2.37. The van der Waals surface area contributed by atoms with Gasteiger partial charge in [0.05, 0.1) is 40.2 Å². The zero-order valence-corrected chi connectivity index (χ0v) is 21.8. The van der Waals surface area contributed by atoms with Crippen molar-refractivity contribution in [1.82, 2.24) is 20.2 Å². The van der Waals surface area contributed by atoms with Gasteiger partial charge >= 0.3 is 0 Å². The van der Waals surface area contributed by atoms with E-state index in [0.717, 1.165) is 57.0 Å². The second-order valence-electron chi connectivity index (χ2n) is 10.1. The second kappa shape index (κ2) is 9.73. The van der Waals surface area contributed by atoms with Gasteiger partial charge in [0.15, 0.2) is 0 Å². The third-order valence-corrected chi connectivity index (χ3v) is 8.19. The van der Waals surface area contributed by atoms with Crippen molar-refractivity contribution < 1.29 is 13.9 Å². The lowest BCUT2D eigenvalue weighted by molar-refractivity contribution is -0.129. The molecule has 4 heterocycles. The highest BCUT2D eigenvalue weighted by Gasteiger charge is 2.32. The van der Waals surface area contributed by atoms with Crippen LogP contribution in [-0.4, -0.2) is 58.3 Å². The molecule has 2 atom stereocenters. The number of amides is 1. The van der Waals surface area contributed by atoms with E-state index < -0.39 is 6.67 Å². The molecule has 0 spiro atoms. The standard InChI is InChI=1S/C26H30ClFN4O2S/c1-15-6-16(27)7-21(20(15)8-18-11-29-13-26(2,3)34-18)24-25-22(30-14-31-24)9-19(35-25)12-32-17(10-28)4-5-23(32)33/h6-7,9,14,17-18,29H,4-5,8,10-13H2,1-3H3. The average Bonchev–Trinajstić information content (AvgIpc) is 3.37. The first-order valence-electron chi connectivity index (χ1n) is 12.0. The Bertz CT molecular complexity index is 1260. The normalized spacial score (nSPS) is 22.3. The highest BCUT2D eigenvalue weighted by atomic mass is 35.5. The molecule has 186 valence electrons. The number of alkyl halides is 1. The zero-order chi connectivity index (χ0) is 24.7. The van der Waals surface area contributed by atoms with Crippen molar-refractivity contribution in [1.29, 1.82) is 0 Å². The number of ether oxygens (including phenoxy) is 1. The molecular weight excluding hydrogens is 487 g/mol. The first-order chi connectivity index (χ1) is 16.7. The molecule has 1 N–H and O–H groups in total. The molecule has 5 rings (SSSR count). The van der Waals surface area contributed by atoms with E-state index in [9.17, 15) is 9.18 Å². The lowest BCUT2D eigenvalue weighted by Crippen LogP contribution is -2.51. The maximum atomic E-state index is 13.4. The Morgan fingerprint density at radius 2 is 2.14 bits per heavy atom. The van der Waals surface area contributed by atoms with Gasteiger partial charge in [-0.3, -0.25) is 4.79 Å². The first kappa shape index (κ1) is 24.6. The number of thiophene rings is 1. The van der Waals surface area contributed by atoms with Crippen molar-refractivity contribution in [2.45, 2.75) is 64.3 Å². The molecule has 9 heteroatoms. The maximum absolute atomic E-state index is 13.4. The molecule has 35 heavy (non-hydrogen) atoms. The summed E-state index contributed by atoms with van der Waals surface area (Å²) >= 11 is 8.07. The van der Waals surface area contributed by atoms with E-state index in [1.807, 2.05) is 18.2 Å². The summed E-state index contributed by atoms with van der Waals surface area (Å²) in [6, 6.07) is 5.60. The molecule has 2 unspecified atom stereocenters. The summed E-state index contributed by atoms with van der Waals surface area (Å²) in [7, 11) is 0. The Hall–Kier alpha value is -2.13. The van der Waals surface area contributed by atoms with Crippen molar-refractivity contribution in [2.75, 3.05) is 19.8 Å². The van der Waals surface area contributed by atoms with Crippen LogP contribution in [0.5, 0.6) is 0 Å². The van der Waals surface area contributed by atoms with E-state index >= 15 is 0 Å². The van der Waals surface area contributed by atoms with Gasteiger partial charge in [0.2, 0.25) is 5.91 Å². The van der Waals surface area contributed by atoms with Gasteiger partial charge in [-0.15, -0.1) is 11.3 Å². The molecule has 2 aliphatic rings. The third kappa shape index (κ3) is 5.07. The van der Waals surface area contributed by atoms with Gasteiger partial charge in [-0.05, 0) is 56.5 Å². The quantitative estimate of drug-likeness (QED) is 0.494. The van der Waals surface area contributed by atoms with E-state index in [-0.39, 0.29) is 23.7 Å². The predicted octanol–water partition coefficient (Wildman–Crippen LogP) is 5.09. The first-order valence-corrected chi connectivity index (χ1v) is 13.2. The predicted molar refractivity (Wildman–Crippen MR) is 138 cm³/mol. The van der Waals surface area contributed by atoms with E-state index in [4.69, 9.17) is 16.3 Å². The van der Waals surface area contributed by atoms with Gasteiger partial charge in [0, 0.05) is 41.4 Å². The minimum Gasteiger partial charge on any atom is -0.369 e. The molecule has 6 nitrogen and oxygen atoms in total. The Morgan fingerprint density at radius 1 is 1.31 bits per heavy atom. The Labute approximate surface area is 213 Å². The number of carbonyl (C=O) groups excluding carboxylic acids is 1. The van der Waals surface area contributed by atoms with Crippen LogP contribution in [0.1, 0.15) is 42.7 Å². The van der Waals surface area contributed by atoms with Gasteiger partial charge in [-0.2, -0.15) is 0 Å². The topological polar surface area (TPSA) is 67.4 Å². The SMILES string of the molecule is Cc1cc(Cl)cc(-c2ncnc3cc(CN4C(=O)CCC4CF)sc23)c1CC1CNCC(C)(C)O1. The number of aryl methyl sites for hydroxylation is 1. The lowest BCUT2D eigenvalue weighted by atomic mass is 9.93. The van der Waals surface area contributed by atoms with Crippen molar-refractivity contribution in [3.05, 3.63) is 45.6 Å². The summed E-state index contributed by atoms with van der Waals surface area (Å²) in [6.45, 7) is 7.76. The van der Waals surface area contributed by atoms with Gasteiger partial charge < -0.3 is 15.0 Å². The minimum absolute atomic E-state index is 0.00758. The summed E-state index contributed by atoms with van der Waals surface area (Å²) in [6.07, 6.45) is 3.32. The molecular formula is C26H30ClFN4O2S. The molecule has 0 saturated carbocycles. The summed E-state index contributed by atoms with van der Waals surface area (Å²) in [4.78, 5) is 24.1. The smallest absolute Gasteiger partial charge is 0.223 e. The number of hydrogen-bond acceptors (Lipinski definition) is 6. The van der Waals surface area contributed by atoms with Crippen molar-refractivity contribution in [3.8, 4) is 11.3 Å². The van der Waals surface area contributed by atoms with Gasteiger partial charge in [-0.1, -0.05) is 11.6 Å². The molecule has 0 radical (unpaired) electrons. The molecule has 2 fully saturated rings. The van der Waals surface area contributed by atoms with E-state index in [0.29, 0.717) is 24.4 Å². The number of nitrogens with one attached hydrogen (secondary N) is 1. The summed E-state index contributed by atoms with van der Waals surface area (Å²) in [5.41, 5.74) is 4.64. The van der Waals surface area contributed by atoms with Crippen LogP contribution in [0.15, 0.2) is 24.5 Å². The third-order valence-electron chi connectivity index (χ3n) is 6.85. The number of rotatable bonds is 6. The van der Waals surface area contributed by atoms with Gasteiger partial charge in [0.25, 0.3) is 0 Å². The fourth-order valence-corrected chi connectivity index (χ4v) is 6.56. The Balaban J connectivity index is 1.52. The molecule has 1 amide bonds. The summed E-state index contributed by atoms with van der Waals surface area (Å²) in [5.74, 6) is 0.00758. The number of aromatic nitrogens is 2. The van der Waals surface area contributed by atoms with Crippen LogP contribution in [0.25, 0.3) is 21.5 Å². The number of halogens is 2. The Morgan fingerprint density at radius 3 is 2.91 bits per heavy atom. The second-order valence-corrected chi connectivity index (χ2v) is 11.7. The fraction of sp³-hybridized carbons (Fsp3) is 0.500. The fourth-order valence-electron chi connectivity index (χ4n) is 5.18. The number of nitrogens with zero attached hydrogens (tertiary/aromatic N) is 3. The number of fused-ring (bicyclic) bond motifs is 1. The number of benzene rings is 1. The number of hydrogen-bond donors (Lipinski definition) is 1. The van der Waals surface area contributed by atoms with E-state index in [2.05, 4.69) is 36.1 Å². The van der Waals surface area contributed by atoms with Crippen molar-refractivity contribution >= 4 is 39.1 Å². The molecule has 0 bridgehead atoms. The molecule has 3 aromatic rings. The van der Waals surface area contributed by atoms with E-state index in [1.165, 1.54) is 0 Å². The van der Waals surface area contributed by atoms with Crippen LogP contribution in [0.4, 0.5) is 4.39 Å². The summed E-state index contributed by atoms with van der Waals surface area (Å²) in [5, 5.41) is 4.14. The molecule has 1 aromatic carbocycles. The number of carbonyl (C=O) groups is 1. The monoisotopic (exact) mass is 516 g/mol. The zero-order valence-electron chi connectivity index (χ0n) is 20.2. The van der Waals surface area contributed by atoms with Crippen LogP contribution in [-0.2, 0) is 22.5 Å². The minimum atomic E-state index is -0.512. The molecule has 0 aliphatic carbocycles. The highest BCUT2D eigenvalue weighted by molar-refractivity contribution is 7.19. The number of likely N-dealkylation sites (tertiary alicyclic amines) is 1. The maximum Gasteiger partial charge on any atom is 0.223 e. The van der Waals surface area contributed by atoms with Gasteiger partial charge in [-0.25, -0.2) is 14.4 Å². The van der Waals surface area contributed by atoms with Crippen LogP contribution in [0.3, 0.4) is 0 Å². The van der Waals surface area contributed by atoms with Crippen LogP contribution in [0, 0.1) is 6.92 Å². The average molecular weight is 517 g/mol. The van der Waals surface area contributed by atoms with E-state index in [1.54, 1.807) is 22.6 Å². The molecule has 2 aromatic heterocycles. The highest BCUT2D eigenvalue weighted by Crippen LogP contribution is 2.38. The van der Waals surface area contributed by atoms with Crippen LogP contribution >= 0.6 is 22.9 Å².